The number of thiophene rings is 1. The Kier molecular flexibility index (Phi) is 28.3. The van der Waals surface area contributed by atoms with E-state index in [1.165, 1.54) is 56.5 Å². The van der Waals surface area contributed by atoms with Crippen molar-refractivity contribution < 1.29 is 142 Å². The molecule has 23 atom stereocenters. The number of fused-ring (bicyclic) bond motifs is 15. The molecule has 0 saturated carbocycles. The number of aromatic hydroxyl groups is 3. The first-order valence-electron chi connectivity index (χ1n) is 39.5. The highest BCUT2D eigenvalue weighted by Crippen LogP contribution is 2.51. The van der Waals surface area contributed by atoms with Gasteiger partial charge in [0, 0.05) is 57.6 Å². The van der Waals surface area contributed by atoms with Gasteiger partial charge in [-0.1, -0.05) is 67.4 Å². The Bertz CT molecular complexity index is 5250. The fraction of sp³-hybridized carbons (Fsp3) is 0.422. The first-order valence-corrected chi connectivity index (χ1v) is 41.0. The maximum atomic E-state index is 16.4. The summed E-state index contributed by atoms with van der Waals surface area (Å²) in [5.41, 5.74) is 8.58. The summed E-state index contributed by atoms with van der Waals surface area (Å²) in [5, 5.41) is 159. The molecule has 8 aliphatic heterocycles. The van der Waals surface area contributed by atoms with Crippen LogP contribution >= 0.6 is 34.5 Å². The normalized spacial score (nSPS) is 29.8. The van der Waals surface area contributed by atoms with E-state index < -0.39 is 290 Å². The predicted molar refractivity (Wildman–Crippen MR) is 436 cm³/mol. The minimum Gasteiger partial charge on any atom is -0.508 e. The Morgan fingerprint density at radius 2 is 1.33 bits per heavy atom. The van der Waals surface area contributed by atoms with E-state index in [1.807, 2.05) is 0 Å². The molecule has 24 N–H and O–H groups in total. The van der Waals surface area contributed by atoms with Crippen molar-refractivity contribution in [2.24, 2.45) is 17.4 Å². The monoisotopic (exact) mass is 1800 g/mol. The van der Waals surface area contributed by atoms with E-state index in [9.17, 15) is 80.1 Å². The van der Waals surface area contributed by atoms with E-state index in [1.54, 1.807) is 38.1 Å². The van der Waals surface area contributed by atoms with Crippen LogP contribution in [0.4, 0.5) is 4.39 Å². The van der Waals surface area contributed by atoms with Gasteiger partial charge in [-0.2, -0.15) is 0 Å². The lowest BCUT2D eigenvalue weighted by atomic mass is 9.86. The second-order valence-corrected chi connectivity index (χ2v) is 33.7. The molecule has 125 heavy (non-hydrogen) atoms. The minimum atomic E-state index is -2.43. The Morgan fingerprint density at radius 1 is 0.680 bits per heavy atom. The molecule has 7 aromatic rings. The first-order chi connectivity index (χ1) is 59.3. The molecule has 11 bridgehead atoms. The Balaban J connectivity index is 0.968. The van der Waals surface area contributed by atoms with Crippen LogP contribution in [0.3, 0.4) is 0 Å². The number of primary amides is 1. The SMILES string of the molecule is CN[C@H](CC(C)C)C(=O)NC1C(=O)NC(CC(N)=O)C(=O)N[C@H]2C(=O)NC3C(=O)N[C@H](C(=O)NC(C(=O)O)c4cc(O)cc(O)c4-c4cc3ccc4O)[C@H](OC3C[C@](C)(N)[C@@H](O)[C@H](C)O3)c3ccc(c(Cl)c3)Oc3cc2cc(c3O[C@@H]2O[C@H](CO)[C@@H](O[C@@H]3O[C@H](CNCc4ccc(-c5cccc(F)c5)s4)[C@H](O)[C@H](O)[C@H]3O)[C@H](O)[C@H]2O)Oc2ccc(cc2Cl)[C@H]1O. The molecule has 9 heterocycles. The van der Waals surface area contributed by atoms with Gasteiger partial charge in [-0.25, -0.2) is 9.18 Å². The average molecular weight is 1800 g/mol. The maximum absolute atomic E-state index is 16.4. The van der Waals surface area contributed by atoms with Crippen molar-refractivity contribution in [1.29, 1.82) is 0 Å². The topological polar surface area (TPSA) is 601 Å². The molecule has 7 amide bonds. The smallest absolute Gasteiger partial charge is 0.330 e. The van der Waals surface area contributed by atoms with Gasteiger partial charge in [-0.15, -0.1) is 11.3 Å². The van der Waals surface area contributed by atoms with Crippen LogP contribution in [0, 0.1) is 11.7 Å². The summed E-state index contributed by atoms with van der Waals surface area (Å²) in [4.78, 5) is 122. The number of carboxylic acids is 1. The number of nitrogens with two attached hydrogens (primary N) is 2. The number of nitrogens with one attached hydrogen (secondary N) is 8. The summed E-state index contributed by atoms with van der Waals surface area (Å²) in [6.07, 6.45) is -29.3. The van der Waals surface area contributed by atoms with Crippen molar-refractivity contribution in [2.45, 2.75) is 193 Å². The van der Waals surface area contributed by atoms with Crippen LogP contribution < -0.4 is 68.2 Å². The molecule has 8 aliphatic rings. The van der Waals surface area contributed by atoms with Gasteiger partial charge in [-0.05, 0) is 140 Å². The van der Waals surface area contributed by atoms with Crippen molar-refractivity contribution in [3.63, 3.8) is 0 Å². The summed E-state index contributed by atoms with van der Waals surface area (Å²) < 4.78 is 65.3. The molecule has 0 aliphatic carbocycles. The van der Waals surface area contributed by atoms with E-state index in [4.69, 9.17) is 72.6 Å². The third-order valence-corrected chi connectivity index (χ3v) is 23.8. The van der Waals surface area contributed by atoms with Gasteiger partial charge in [0.2, 0.25) is 53.4 Å². The Morgan fingerprint density at radius 3 is 1.98 bits per heavy atom. The number of benzene rings is 6. The number of carbonyl (C=O) groups is 8. The van der Waals surface area contributed by atoms with Crippen LogP contribution in [0.25, 0.3) is 21.6 Å². The molecule has 42 heteroatoms. The van der Waals surface area contributed by atoms with E-state index in [-0.39, 0.29) is 43.0 Å². The number of phenols is 3. The van der Waals surface area contributed by atoms with Gasteiger partial charge >= 0.3 is 5.97 Å². The molecule has 5 unspecified atom stereocenters. The number of aliphatic hydroxyl groups excluding tert-OH is 8. The number of likely N-dealkylation sites (N-methyl/N-ethyl adjacent to an activating group) is 1. The molecule has 670 valence electrons. The number of rotatable bonds is 20. The number of ether oxygens (including phenoxy) is 8. The molecule has 3 fully saturated rings. The largest absolute Gasteiger partial charge is 0.508 e. The van der Waals surface area contributed by atoms with Crippen LogP contribution in [0.5, 0.6) is 46.0 Å². The maximum Gasteiger partial charge on any atom is 0.330 e. The zero-order valence-electron chi connectivity index (χ0n) is 67.1. The number of aliphatic carboxylic acids is 1. The quantitative estimate of drug-likeness (QED) is 0.0515. The van der Waals surface area contributed by atoms with Gasteiger partial charge in [0.05, 0.1) is 41.3 Å². The highest BCUT2D eigenvalue weighted by Gasteiger charge is 2.53. The number of carboxylic acid groups (broad SMARTS) is 1. The Labute approximate surface area is 725 Å². The predicted octanol–water partition coefficient (Wildman–Crippen LogP) is 1.60. The van der Waals surface area contributed by atoms with Gasteiger partial charge in [-0.3, -0.25) is 33.6 Å². The number of amides is 7. The molecule has 0 radical (unpaired) electrons. The Hall–Kier alpha value is -10.6. The number of hydrogen-bond donors (Lipinski definition) is 22. The molecule has 3 saturated heterocycles. The highest BCUT2D eigenvalue weighted by atomic mass is 35.5. The van der Waals surface area contributed by atoms with Crippen molar-refractivity contribution >= 4 is 81.9 Å². The summed E-state index contributed by atoms with van der Waals surface area (Å²) in [7, 11) is 1.46. The lowest BCUT2D eigenvalue weighted by Crippen LogP contribution is -2.65. The molecule has 1 aromatic heterocycles. The van der Waals surface area contributed by atoms with Gasteiger partial charge in [0.1, 0.15) is 126 Å². The van der Waals surface area contributed by atoms with E-state index in [0.717, 1.165) is 76.5 Å². The molecule has 0 spiro atoms. The number of hydrogen-bond acceptors (Lipinski definition) is 31. The number of halogens is 3. The zero-order chi connectivity index (χ0) is 90.2. The summed E-state index contributed by atoms with van der Waals surface area (Å²) in [5.74, 6) is -17.2. The van der Waals surface area contributed by atoms with Crippen LogP contribution in [-0.4, -0.2) is 238 Å². The van der Waals surface area contributed by atoms with Gasteiger partial charge in [0.15, 0.2) is 30.1 Å². The third-order valence-electron chi connectivity index (χ3n) is 22.1. The van der Waals surface area contributed by atoms with Gasteiger partial charge < -0.3 is 153 Å². The molecule has 6 aromatic carbocycles. The van der Waals surface area contributed by atoms with Crippen molar-refractivity contribution in [1.82, 2.24) is 42.5 Å². The number of aliphatic hydroxyl groups is 8. The molecular formula is C83H93Cl2FN10O28S. The minimum absolute atomic E-state index is 0.133. The van der Waals surface area contributed by atoms with Crippen LogP contribution in [0.15, 0.2) is 115 Å². The second-order valence-electron chi connectivity index (χ2n) is 31.7. The van der Waals surface area contributed by atoms with Crippen LogP contribution in [0.2, 0.25) is 10.0 Å². The first kappa shape index (κ1) is 92.1. The lowest BCUT2D eigenvalue weighted by molar-refractivity contribution is -0.350. The second kappa shape index (κ2) is 38.3. The lowest BCUT2D eigenvalue weighted by Gasteiger charge is -2.46. The molecule has 38 nitrogen and oxygen atoms in total. The fourth-order valence-corrected chi connectivity index (χ4v) is 17.0. The van der Waals surface area contributed by atoms with Crippen molar-refractivity contribution in [2.75, 3.05) is 20.2 Å². The summed E-state index contributed by atoms with van der Waals surface area (Å²) >= 11 is 15.8. The van der Waals surface area contributed by atoms with Crippen LogP contribution in [-0.2, 0) is 68.6 Å². The van der Waals surface area contributed by atoms with Gasteiger partial charge in [0.25, 0.3) is 0 Å². The standard InChI is InChI=1S/C83H93Cl2FN10O28S/c1-31(2)17-45(89-5)74(109)95-62-64(102)35-10-14-49(43(84)20-35)118-51-22-37-23-52(71(51)123-82-69(107)67(105)72(54(30-97)121-82)124-81-68(106)66(104)65(103)53(120-81)29-90-28-40-12-16-55(125-40)33-7-6-8-38(86)18-33)119-50-15-11-36(21-44(50)85)70(122-57-27-83(4,88)73(108)32(3)117-57)63-79(114)94-61(80(115)116)42-24-39(98)25-48(100)58(42)41-19-34(9-13-47(41)99)59(76(111)96-63)93-77(112)60(37)92-75(110)46(26-56(87)101)91-78(62)113/h6-16,18-25,31-32,45-46,53-54,57,59-70,72-73,81-82,89-90,97-100,102-108H,17,26-30,88H2,1-5H3,(H2,87,101)(H,91,113)(H,92,110)(H,93,112)(H,94,114)(H,95,109)(H,96,111)(H,115,116)/t32-,45+,46?,53+,54+,57?,59?,60+,61?,62?,63-,64+,65-,66-,67+,68+,69+,70+,72+,73-,81-,82-,83-/m0/s1. The third kappa shape index (κ3) is 20.2. The van der Waals surface area contributed by atoms with Crippen LogP contribution in [0.1, 0.15) is 110 Å². The fourth-order valence-electron chi connectivity index (χ4n) is 15.6. The average Bonchev–Trinajstić information content (AvgIpc) is 0.882. The summed E-state index contributed by atoms with van der Waals surface area (Å²) in [6, 6.07) is 8.44. The van der Waals surface area contributed by atoms with E-state index in [2.05, 4.69) is 42.5 Å². The van der Waals surface area contributed by atoms with Crippen molar-refractivity contribution in [3.05, 3.63) is 164 Å². The number of phenolic OH excluding ortho intramolecular Hbond substituents is 3. The van der Waals surface area contributed by atoms with E-state index >= 15 is 24.0 Å². The van der Waals surface area contributed by atoms with Crippen molar-refractivity contribution in [3.8, 4) is 67.6 Å². The zero-order valence-corrected chi connectivity index (χ0v) is 69.4. The highest BCUT2D eigenvalue weighted by molar-refractivity contribution is 7.15. The molecule has 15 rings (SSSR count). The number of carbonyl (C=O) groups excluding carboxylic acids is 7. The molecular weight excluding hydrogens is 1710 g/mol. The summed E-state index contributed by atoms with van der Waals surface area (Å²) in [6.45, 7) is 5.36. The van der Waals surface area contributed by atoms with E-state index in [0.29, 0.717) is 5.56 Å².